The predicted octanol–water partition coefficient (Wildman–Crippen LogP) is -5.45. The van der Waals surface area contributed by atoms with E-state index in [9.17, 15) is 71.2 Å². The van der Waals surface area contributed by atoms with Gasteiger partial charge in [-0.1, -0.05) is 6.08 Å². The Labute approximate surface area is 374 Å². The first-order valence-corrected chi connectivity index (χ1v) is 22.7. The van der Waals surface area contributed by atoms with Crippen LogP contribution in [0.1, 0.15) is 57.8 Å². The summed E-state index contributed by atoms with van der Waals surface area (Å²) in [5.74, 6) is -2.00. The third-order valence-electron chi connectivity index (χ3n) is 14.3. The second-order valence-corrected chi connectivity index (χ2v) is 18.7. The van der Waals surface area contributed by atoms with Crippen molar-refractivity contribution in [3.8, 4) is 0 Å². The van der Waals surface area contributed by atoms with Gasteiger partial charge in [-0.05, 0) is 63.2 Å². The third-order valence-corrected chi connectivity index (χ3v) is 14.3. The van der Waals surface area contributed by atoms with Gasteiger partial charge in [-0.25, -0.2) is 4.79 Å². The number of rotatable bonds is 13. The number of allylic oxidation sites excluding steroid dienone is 1. The highest BCUT2D eigenvalue weighted by atomic mass is 16.8. The molecule has 3 aliphatic carbocycles. The van der Waals surface area contributed by atoms with Crippen molar-refractivity contribution in [3.63, 3.8) is 0 Å². The lowest BCUT2D eigenvalue weighted by Crippen LogP contribution is -2.65. The fourth-order valence-corrected chi connectivity index (χ4v) is 10.4. The molecule has 3 saturated carbocycles. The number of hydrogen-bond acceptors (Lipinski definition) is 23. The molecular weight excluding hydrogens is 872 g/mol. The van der Waals surface area contributed by atoms with Crippen molar-refractivity contribution in [2.45, 2.75) is 199 Å². The fraction of sp³-hybridized carbons (Fsp3) is 0.929. The maximum absolute atomic E-state index is 13.0. The summed E-state index contributed by atoms with van der Waals surface area (Å²) in [5, 5.41) is 138. The Morgan fingerprint density at radius 1 is 0.600 bits per heavy atom. The monoisotopic (exact) mass is 940 g/mol. The number of hydrogen-bond donors (Lipinski definition) is 13. The van der Waals surface area contributed by atoms with E-state index in [1.165, 1.54) is 13.2 Å². The first kappa shape index (κ1) is 51.2. The van der Waals surface area contributed by atoms with Crippen molar-refractivity contribution in [1.29, 1.82) is 0 Å². The molecule has 13 N–H and O–H groups in total. The second kappa shape index (κ2) is 22.4. The number of aliphatic hydroxyl groups excluding tert-OH is 13. The Morgan fingerprint density at radius 2 is 1.29 bits per heavy atom. The molecule has 7 fully saturated rings. The molecule has 4 heterocycles. The number of carbonyl (C=O) groups is 1. The van der Waals surface area contributed by atoms with E-state index in [-0.39, 0.29) is 38.0 Å². The molecule has 0 aromatic heterocycles. The van der Waals surface area contributed by atoms with E-state index in [0.717, 1.165) is 0 Å². The van der Waals surface area contributed by atoms with Gasteiger partial charge in [-0.3, -0.25) is 0 Å². The van der Waals surface area contributed by atoms with Crippen LogP contribution in [0.5, 0.6) is 0 Å². The summed E-state index contributed by atoms with van der Waals surface area (Å²) >= 11 is 0. The Kier molecular flexibility index (Phi) is 17.7. The molecule has 0 bridgehead atoms. The molecule has 0 spiro atoms. The van der Waals surface area contributed by atoms with Gasteiger partial charge in [0.25, 0.3) is 0 Å². The third kappa shape index (κ3) is 11.7. The first-order valence-electron chi connectivity index (χ1n) is 22.7. The lowest BCUT2D eigenvalue weighted by atomic mass is 9.72. The van der Waals surface area contributed by atoms with E-state index < -0.39 is 179 Å². The van der Waals surface area contributed by atoms with Crippen molar-refractivity contribution in [2.75, 3.05) is 26.9 Å². The number of esters is 1. The summed E-state index contributed by atoms with van der Waals surface area (Å²) < 4.78 is 53.7. The molecule has 4 saturated heterocycles. The van der Waals surface area contributed by atoms with Gasteiger partial charge < -0.3 is 109 Å². The molecule has 7 rings (SSSR count). The number of carbonyl (C=O) groups excluding carboxylic acids is 1. The normalized spacial score (nSPS) is 51.0. The lowest BCUT2D eigenvalue weighted by Gasteiger charge is -2.53. The first-order chi connectivity index (χ1) is 31.0. The minimum Gasteiger partial charge on any atom is -0.460 e. The lowest BCUT2D eigenvalue weighted by molar-refractivity contribution is -0.373. The highest BCUT2D eigenvalue weighted by Crippen LogP contribution is 2.45. The Bertz CT molecular complexity index is 1540. The highest BCUT2D eigenvalue weighted by Gasteiger charge is 2.55. The molecule has 7 aliphatic rings. The average Bonchev–Trinajstić information content (AvgIpc) is 3.28. The van der Waals surface area contributed by atoms with Crippen molar-refractivity contribution < 1.29 is 114 Å². The summed E-state index contributed by atoms with van der Waals surface area (Å²) in [5.41, 5.74) is 0. The smallest absolute Gasteiger partial charge is 0.330 e. The Morgan fingerprint density at radius 3 is 2.02 bits per heavy atom. The average molecular weight is 941 g/mol. The summed E-state index contributed by atoms with van der Waals surface area (Å²) in [6.45, 7) is -1.78. The molecule has 0 amide bonds. The second-order valence-electron chi connectivity index (χ2n) is 18.7. The molecular formula is C42H68O23. The molecule has 65 heavy (non-hydrogen) atoms. The Hall–Kier alpha value is -1.63. The molecule has 0 aromatic rings. The van der Waals surface area contributed by atoms with E-state index in [0.29, 0.717) is 25.7 Å². The standard InChI is InChI=1S/C42H68O23/c1-57-26-8-16(2-5-21(26)46)3-7-30(49)58-15-29-33(52)35(54)39(65-40-36(55)31(50)23(48)14-59-40)42(64-29)62-27-12-19-24(60-38(27)17-4-6-20(45)22(47)9-17)10-18(44)11-25(19)61-41-37(56)34(53)32(51)28(13-43)63-41/h3,7,16-29,31-48,50-56H,2,4-6,8-15H2,1H3/t16?,17?,18?,19?,20?,21?,22?,23-,24?,25?,26?,27?,28-,29-,31+,32-,33-,34+,35+,36-,37-,38?,39-,40+,41-,42-/m1/s1. The number of methoxy groups -OCH3 is 1. The van der Waals surface area contributed by atoms with Gasteiger partial charge in [-0.15, -0.1) is 0 Å². The van der Waals surface area contributed by atoms with Crippen molar-refractivity contribution in [3.05, 3.63) is 12.2 Å². The molecule has 23 nitrogen and oxygen atoms in total. The van der Waals surface area contributed by atoms with Crippen LogP contribution in [-0.4, -0.2) is 240 Å². The van der Waals surface area contributed by atoms with Crippen LogP contribution in [0.25, 0.3) is 0 Å². The van der Waals surface area contributed by atoms with E-state index >= 15 is 0 Å². The van der Waals surface area contributed by atoms with Crippen LogP contribution in [0.15, 0.2) is 12.2 Å². The number of ether oxygens (including phenoxy) is 9. The van der Waals surface area contributed by atoms with E-state index in [1.54, 1.807) is 6.08 Å². The van der Waals surface area contributed by atoms with Crippen LogP contribution < -0.4 is 0 Å². The molecule has 0 aromatic carbocycles. The fourth-order valence-electron chi connectivity index (χ4n) is 10.4. The van der Waals surface area contributed by atoms with E-state index in [2.05, 4.69) is 0 Å². The predicted molar refractivity (Wildman–Crippen MR) is 212 cm³/mol. The van der Waals surface area contributed by atoms with Crippen molar-refractivity contribution >= 4 is 5.97 Å². The van der Waals surface area contributed by atoms with Gasteiger partial charge >= 0.3 is 5.97 Å². The van der Waals surface area contributed by atoms with Crippen LogP contribution >= 0.6 is 0 Å². The zero-order chi connectivity index (χ0) is 46.9. The van der Waals surface area contributed by atoms with Crippen LogP contribution in [0.4, 0.5) is 0 Å². The largest absolute Gasteiger partial charge is 0.460 e. The minimum atomic E-state index is -1.89. The summed E-state index contributed by atoms with van der Waals surface area (Å²) in [4.78, 5) is 13.0. The quantitative estimate of drug-likeness (QED) is 0.0605. The number of fused-ring (bicyclic) bond motifs is 1. The molecule has 12 unspecified atom stereocenters. The zero-order valence-corrected chi connectivity index (χ0v) is 36.0. The topological polar surface area (TPSA) is 363 Å². The van der Waals surface area contributed by atoms with Gasteiger partial charge in [-0.2, -0.15) is 0 Å². The molecule has 374 valence electrons. The number of aliphatic hydroxyl groups is 13. The van der Waals surface area contributed by atoms with E-state index in [1.807, 2.05) is 0 Å². The zero-order valence-electron chi connectivity index (χ0n) is 36.0. The molecule has 23 heteroatoms. The maximum Gasteiger partial charge on any atom is 0.330 e. The van der Waals surface area contributed by atoms with Crippen LogP contribution in [-0.2, 0) is 47.4 Å². The molecule has 26 atom stereocenters. The Balaban J connectivity index is 1.13. The molecule has 0 radical (unpaired) electrons. The SMILES string of the molecule is COC1CC(C=CC(=O)OC[C@H]2O[C@@H](OC3CC4C(CC(O)CC4O[C@@H]4O[C@H](CO)[C@@H](O)[C@H](O)[C@H]4O)OC3C3CCC(O)C(O)C3)[C@H](O[C@@H]3OC[C@@H](O)[C@H](O)[C@H]3O)[C@@H](O)[C@@H]2O)CCC1O. The van der Waals surface area contributed by atoms with E-state index in [4.69, 9.17) is 42.6 Å². The summed E-state index contributed by atoms with van der Waals surface area (Å²) in [7, 11) is 1.49. The van der Waals surface area contributed by atoms with Gasteiger partial charge in [0.05, 0.1) is 68.1 Å². The highest BCUT2D eigenvalue weighted by molar-refractivity contribution is 5.81. The van der Waals surface area contributed by atoms with Gasteiger partial charge in [0.2, 0.25) is 0 Å². The molecule has 4 aliphatic heterocycles. The van der Waals surface area contributed by atoms with Crippen LogP contribution in [0.2, 0.25) is 0 Å². The van der Waals surface area contributed by atoms with Gasteiger partial charge in [0.15, 0.2) is 18.9 Å². The van der Waals surface area contributed by atoms with Crippen LogP contribution in [0.3, 0.4) is 0 Å². The maximum atomic E-state index is 13.0. The van der Waals surface area contributed by atoms with Crippen LogP contribution in [0, 0.1) is 17.8 Å². The van der Waals surface area contributed by atoms with Gasteiger partial charge in [0.1, 0.15) is 73.8 Å². The summed E-state index contributed by atoms with van der Waals surface area (Å²) in [6, 6.07) is 0. The van der Waals surface area contributed by atoms with Crippen molar-refractivity contribution in [2.24, 2.45) is 17.8 Å². The summed E-state index contributed by atoms with van der Waals surface area (Å²) in [6.07, 6.45) is -25.8. The van der Waals surface area contributed by atoms with Crippen molar-refractivity contribution in [1.82, 2.24) is 0 Å². The minimum absolute atomic E-state index is 0.00945. The van der Waals surface area contributed by atoms with Gasteiger partial charge in [0, 0.05) is 25.5 Å².